The van der Waals surface area contributed by atoms with Crippen molar-refractivity contribution in [2.45, 2.75) is 45.6 Å². The lowest BCUT2D eigenvalue weighted by molar-refractivity contribution is -0.677. The summed E-state index contributed by atoms with van der Waals surface area (Å²) in [5.74, 6) is 1.38. The second-order valence-corrected chi connectivity index (χ2v) is 5.23. The van der Waals surface area contributed by atoms with Crippen LogP contribution in [0.2, 0.25) is 0 Å². The largest absolute Gasteiger partial charge is 0.339 e. The van der Waals surface area contributed by atoms with Crippen molar-refractivity contribution in [3.8, 4) is 0 Å². The zero-order valence-corrected chi connectivity index (χ0v) is 11.6. The van der Waals surface area contributed by atoms with Gasteiger partial charge in [0.1, 0.15) is 12.4 Å². The summed E-state index contributed by atoms with van der Waals surface area (Å²) in [6.07, 6.45) is 10.2. The highest BCUT2D eigenvalue weighted by atomic mass is 16.2. The minimum Gasteiger partial charge on any atom is -0.339 e. The van der Waals surface area contributed by atoms with E-state index < -0.39 is 0 Å². The third kappa shape index (κ3) is 3.12. The predicted octanol–water partition coefficient (Wildman–Crippen LogP) is 1.41. The number of aromatic nitrogens is 2. The Morgan fingerprint density at radius 2 is 1.83 bits per heavy atom. The first-order chi connectivity index (χ1) is 8.68. The van der Waals surface area contributed by atoms with Crippen molar-refractivity contribution in [2.24, 2.45) is 7.05 Å². The van der Waals surface area contributed by atoms with Crippen LogP contribution < -0.4 is 4.57 Å². The maximum absolute atomic E-state index is 12.3. The van der Waals surface area contributed by atoms with Gasteiger partial charge in [0.05, 0.1) is 7.05 Å². The molecule has 0 bridgehead atoms. The Morgan fingerprint density at radius 3 is 2.39 bits per heavy atom. The lowest BCUT2D eigenvalue weighted by Crippen LogP contribution is -2.37. The fraction of sp³-hybridized carbons (Fsp3) is 0.714. The second-order valence-electron chi connectivity index (χ2n) is 5.23. The normalized spacial score (nSPS) is 17.3. The fourth-order valence-electron chi connectivity index (χ4n) is 2.51. The van der Waals surface area contributed by atoms with E-state index in [1.54, 1.807) is 0 Å². The molecule has 1 aliphatic rings. The molecule has 18 heavy (non-hydrogen) atoms. The topological polar surface area (TPSA) is 29.1 Å². The second kappa shape index (κ2) is 6.03. The van der Waals surface area contributed by atoms with Crippen LogP contribution in [-0.2, 0) is 18.4 Å². The summed E-state index contributed by atoms with van der Waals surface area (Å²) in [5, 5.41) is 0. The number of hydrogen-bond acceptors (Lipinski definition) is 1. The van der Waals surface area contributed by atoms with Gasteiger partial charge in [-0.15, -0.1) is 0 Å². The Hall–Kier alpha value is -1.32. The molecule has 0 spiro atoms. The van der Waals surface area contributed by atoms with Crippen LogP contribution >= 0.6 is 0 Å². The lowest BCUT2D eigenvalue weighted by atomic mass is 10.1. The van der Waals surface area contributed by atoms with Crippen LogP contribution in [0.25, 0.3) is 0 Å². The van der Waals surface area contributed by atoms with E-state index in [0.717, 1.165) is 31.8 Å². The van der Waals surface area contributed by atoms with Gasteiger partial charge < -0.3 is 4.90 Å². The maximum atomic E-state index is 12.3. The molecule has 1 saturated heterocycles. The summed E-state index contributed by atoms with van der Waals surface area (Å²) >= 11 is 0. The first kappa shape index (κ1) is 13.1. The SMILES string of the molecule is Cc1n(CC(=O)N2CCCCCCC2)cc[n+]1C. The molecule has 2 heterocycles. The Morgan fingerprint density at radius 1 is 1.22 bits per heavy atom. The standard InChI is InChI=1S/C14H24N3O/c1-13-15(2)10-11-17(13)12-14(18)16-8-6-4-3-5-7-9-16/h10-11H,3-9,12H2,1-2H3/q+1. The van der Waals surface area contributed by atoms with Gasteiger partial charge in [0.25, 0.3) is 11.7 Å². The summed E-state index contributed by atoms with van der Waals surface area (Å²) in [7, 11) is 2.01. The number of rotatable bonds is 2. The van der Waals surface area contributed by atoms with Crippen molar-refractivity contribution in [1.82, 2.24) is 9.47 Å². The van der Waals surface area contributed by atoms with E-state index in [9.17, 15) is 4.79 Å². The number of carbonyl (C=O) groups is 1. The molecule has 4 heteroatoms. The van der Waals surface area contributed by atoms with Gasteiger partial charge in [-0.05, 0) is 12.8 Å². The molecule has 0 N–H and O–H groups in total. The zero-order valence-electron chi connectivity index (χ0n) is 11.6. The molecule has 4 nitrogen and oxygen atoms in total. The minimum atomic E-state index is 0.260. The molecule has 0 unspecified atom stereocenters. The van der Waals surface area contributed by atoms with Gasteiger partial charge in [-0.3, -0.25) is 4.79 Å². The summed E-state index contributed by atoms with van der Waals surface area (Å²) in [6.45, 7) is 4.39. The molecule has 1 fully saturated rings. The molecule has 0 atom stereocenters. The van der Waals surface area contributed by atoms with E-state index in [-0.39, 0.29) is 5.91 Å². The van der Waals surface area contributed by atoms with E-state index >= 15 is 0 Å². The number of carbonyl (C=O) groups excluding carboxylic acids is 1. The van der Waals surface area contributed by atoms with Crippen molar-refractivity contribution in [2.75, 3.05) is 13.1 Å². The lowest BCUT2D eigenvalue weighted by Gasteiger charge is -2.24. The molecule has 1 aliphatic heterocycles. The van der Waals surface area contributed by atoms with E-state index in [0.29, 0.717) is 6.54 Å². The van der Waals surface area contributed by atoms with E-state index in [4.69, 9.17) is 0 Å². The number of aryl methyl sites for hydroxylation is 1. The highest BCUT2D eigenvalue weighted by Gasteiger charge is 2.19. The van der Waals surface area contributed by atoms with Crippen LogP contribution in [0.4, 0.5) is 0 Å². The molecule has 0 radical (unpaired) electrons. The Kier molecular flexibility index (Phi) is 4.39. The number of imidazole rings is 1. The van der Waals surface area contributed by atoms with Gasteiger partial charge in [-0.1, -0.05) is 19.3 Å². The summed E-state index contributed by atoms with van der Waals surface area (Å²) in [6, 6.07) is 0. The van der Waals surface area contributed by atoms with E-state index in [2.05, 4.69) is 0 Å². The van der Waals surface area contributed by atoms with Gasteiger partial charge in [0.15, 0.2) is 6.54 Å². The van der Waals surface area contributed by atoms with Crippen molar-refractivity contribution in [3.05, 3.63) is 18.2 Å². The molecule has 2 rings (SSSR count). The van der Waals surface area contributed by atoms with Crippen LogP contribution in [0.1, 0.15) is 37.9 Å². The first-order valence-corrected chi connectivity index (χ1v) is 6.97. The van der Waals surface area contributed by atoms with Gasteiger partial charge in [-0.25, -0.2) is 9.13 Å². The number of likely N-dealkylation sites (tertiary alicyclic amines) is 1. The molecule has 1 aromatic heterocycles. The summed E-state index contributed by atoms with van der Waals surface area (Å²) < 4.78 is 4.07. The third-order valence-electron chi connectivity index (χ3n) is 3.91. The third-order valence-corrected chi connectivity index (χ3v) is 3.91. The molecule has 0 saturated carbocycles. The average molecular weight is 250 g/mol. The molecule has 100 valence electrons. The molecule has 0 aromatic carbocycles. The molecule has 1 amide bonds. The van der Waals surface area contributed by atoms with Gasteiger partial charge in [-0.2, -0.15) is 0 Å². The van der Waals surface area contributed by atoms with Gasteiger partial charge in [0.2, 0.25) is 0 Å². The van der Waals surface area contributed by atoms with Crippen LogP contribution in [0.3, 0.4) is 0 Å². The van der Waals surface area contributed by atoms with Gasteiger partial charge in [0, 0.05) is 20.0 Å². The van der Waals surface area contributed by atoms with Crippen LogP contribution in [0.5, 0.6) is 0 Å². The summed E-state index contributed by atoms with van der Waals surface area (Å²) in [4.78, 5) is 14.3. The van der Waals surface area contributed by atoms with Crippen LogP contribution in [-0.4, -0.2) is 28.5 Å². The quantitative estimate of drug-likeness (QED) is 0.730. The Bertz CT molecular complexity index is 403. The molecule has 1 aromatic rings. The average Bonchev–Trinajstić information content (AvgIpc) is 2.60. The Labute approximate surface area is 109 Å². The zero-order chi connectivity index (χ0) is 13.0. The number of hydrogen-bond donors (Lipinski definition) is 0. The van der Waals surface area contributed by atoms with Crippen molar-refractivity contribution < 1.29 is 9.36 Å². The first-order valence-electron chi connectivity index (χ1n) is 6.97. The van der Waals surface area contributed by atoms with E-state index in [1.165, 1.54) is 19.3 Å². The van der Waals surface area contributed by atoms with Crippen LogP contribution in [0.15, 0.2) is 12.4 Å². The molecular formula is C14H24N3O+. The highest BCUT2D eigenvalue weighted by Crippen LogP contribution is 2.11. The van der Waals surface area contributed by atoms with Gasteiger partial charge >= 0.3 is 0 Å². The van der Waals surface area contributed by atoms with Crippen molar-refractivity contribution in [3.63, 3.8) is 0 Å². The Balaban J connectivity index is 1.95. The predicted molar refractivity (Wildman–Crippen MR) is 70.0 cm³/mol. The molecule has 0 aliphatic carbocycles. The van der Waals surface area contributed by atoms with E-state index in [1.807, 2.05) is 40.4 Å². The number of nitrogens with zero attached hydrogens (tertiary/aromatic N) is 3. The van der Waals surface area contributed by atoms with Crippen molar-refractivity contribution in [1.29, 1.82) is 0 Å². The minimum absolute atomic E-state index is 0.260. The highest BCUT2D eigenvalue weighted by molar-refractivity contribution is 5.76. The fourth-order valence-corrected chi connectivity index (χ4v) is 2.51. The monoisotopic (exact) mass is 250 g/mol. The van der Waals surface area contributed by atoms with Crippen LogP contribution in [0, 0.1) is 6.92 Å². The smallest absolute Gasteiger partial charge is 0.264 e. The molecular weight excluding hydrogens is 226 g/mol. The number of amides is 1. The summed E-state index contributed by atoms with van der Waals surface area (Å²) in [5.41, 5.74) is 0. The maximum Gasteiger partial charge on any atom is 0.264 e. The van der Waals surface area contributed by atoms with Crippen molar-refractivity contribution >= 4 is 5.91 Å².